The lowest BCUT2D eigenvalue weighted by Gasteiger charge is -2.34. The Morgan fingerprint density at radius 2 is 1.90 bits per heavy atom. The first-order valence-corrected chi connectivity index (χ1v) is 7.83. The van der Waals surface area contributed by atoms with E-state index < -0.39 is 0 Å². The van der Waals surface area contributed by atoms with Crippen molar-refractivity contribution >= 4 is 11.7 Å². The summed E-state index contributed by atoms with van der Waals surface area (Å²) >= 11 is 0. The van der Waals surface area contributed by atoms with Crippen molar-refractivity contribution in [2.45, 2.75) is 26.7 Å². The van der Waals surface area contributed by atoms with Crippen LogP contribution in [0.1, 0.15) is 37.2 Å². The van der Waals surface area contributed by atoms with Crippen LogP contribution in [0.25, 0.3) is 0 Å². The number of anilines is 1. The van der Waals surface area contributed by atoms with Crippen molar-refractivity contribution in [2.75, 3.05) is 44.6 Å². The first-order valence-electron chi connectivity index (χ1n) is 7.83. The molecule has 0 atom stereocenters. The minimum absolute atomic E-state index is 0.0133. The maximum absolute atomic E-state index is 12.4. The summed E-state index contributed by atoms with van der Waals surface area (Å²) in [5.41, 5.74) is 0.431. The number of carbonyl (C=O) groups excluding carboxylic acids is 1. The second-order valence-electron chi connectivity index (χ2n) is 5.36. The fraction of sp³-hybridized carbons (Fsp3) is 0.667. The molecule has 1 aliphatic rings. The Morgan fingerprint density at radius 1 is 1.14 bits per heavy atom. The van der Waals surface area contributed by atoms with Gasteiger partial charge in [-0.15, -0.1) is 10.2 Å². The molecular weight excluding hydrogens is 266 g/mol. The fourth-order valence-corrected chi connectivity index (χ4v) is 2.45. The summed E-state index contributed by atoms with van der Waals surface area (Å²) in [4.78, 5) is 16.6. The number of carbonyl (C=O) groups is 1. The highest BCUT2D eigenvalue weighted by atomic mass is 16.2. The van der Waals surface area contributed by atoms with Crippen LogP contribution in [0.15, 0.2) is 12.1 Å². The number of amides is 1. The molecule has 6 heteroatoms. The maximum atomic E-state index is 12.4. The SMILES string of the molecule is CCCNc1ccc(C(=O)N2CCN(CCC)CC2)nn1. The Morgan fingerprint density at radius 3 is 2.48 bits per heavy atom. The minimum atomic E-state index is -0.0133. The Hall–Kier alpha value is -1.69. The van der Waals surface area contributed by atoms with E-state index in [1.165, 1.54) is 0 Å². The summed E-state index contributed by atoms with van der Waals surface area (Å²) in [7, 11) is 0. The van der Waals surface area contributed by atoms with Gasteiger partial charge in [-0.25, -0.2) is 0 Å². The van der Waals surface area contributed by atoms with Crippen LogP contribution in [0.4, 0.5) is 5.82 Å². The zero-order valence-electron chi connectivity index (χ0n) is 13.0. The first kappa shape index (κ1) is 15.7. The molecule has 2 heterocycles. The van der Waals surface area contributed by atoms with E-state index in [4.69, 9.17) is 0 Å². The van der Waals surface area contributed by atoms with E-state index in [1.807, 2.05) is 11.0 Å². The molecule has 0 saturated carbocycles. The van der Waals surface area contributed by atoms with Gasteiger partial charge in [-0.05, 0) is 31.5 Å². The van der Waals surface area contributed by atoms with Gasteiger partial charge in [-0.3, -0.25) is 9.69 Å². The topological polar surface area (TPSA) is 61.4 Å². The van der Waals surface area contributed by atoms with Gasteiger partial charge in [-0.2, -0.15) is 0 Å². The number of nitrogens with zero attached hydrogens (tertiary/aromatic N) is 4. The van der Waals surface area contributed by atoms with E-state index in [0.29, 0.717) is 5.69 Å². The van der Waals surface area contributed by atoms with E-state index in [0.717, 1.165) is 57.9 Å². The van der Waals surface area contributed by atoms with E-state index in [-0.39, 0.29) is 5.91 Å². The third kappa shape index (κ3) is 4.39. The summed E-state index contributed by atoms with van der Waals surface area (Å²) in [6.45, 7) is 9.69. The number of hydrogen-bond donors (Lipinski definition) is 1. The monoisotopic (exact) mass is 291 g/mol. The van der Waals surface area contributed by atoms with Crippen molar-refractivity contribution in [1.82, 2.24) is 20.0 Å². The van der Waals surface area contributed by atoms with Gasteiger partial charge >= 0.3 is 0 Å². The molecule has 1 N–H and O–H groups in total. The van der Waals surface area contributed by atoms with E-state index in [9.17, 15) is 4.79 Å². The Balaban J connectivity index is 1.88. The molecule has 0 spiro atoms. The molecule has 1 fully saturated rings. The predicted molar refractivity (Wildman–Crippen MR) is 83.4 cm³/mol. The van der Waals surface area contributed by atoms with Crippen LogP contribution in [0.5, 0.6) is 0 Å². The Bertz CT molecular complexity index is 440. The molecule has 2 rings (SSSR count). The quantitative estimate of drug-likeness (QED) is 0.860. The highest BCUT2D eigenvalue weighted by Gasteiger charge is 2.22. The summed E-state index contributed by atoms with van der Waals surface area (Å²) < 4.78 is 0. The zero-order valence-corrected chi connectivity index (χ0v) is 13.0. The van der Waals surface area contributed by atoms with Gasteiger partial charge in [0.05, 0.1) is 0 Å². The van der Waals surface area contributed by atoms with Crippen LogP contribution in [0, 0.1) is 0 Å². The van der Waals surface area contributed by atoms with Crippen LogP contribution in [0.2, 0.25) is 0 Å². The summed E-state index contributed by atoms with van der Waals surface area (Å²) in [6.07, 6.45) is 2.19. The van der Waals surface area contributed by atoms with Gasteiger partial charge in [0.1, 0.15) is 5.82 Å². The molecule has 0 unspecified atom stereocenters. The summed E-state index contributed by atoms with van der Waals surface area (Å²) in [5.74, 6) is 0.710. The molecule has 21 heavy (non-hydrogen) atoms. The summed E-state index contributed by atoms with van der Waals surface area (Å²) in [5, 5.41) is 11.3. The molecule has 0 aromatic carbocycles. The molecular formula is C15H25N5O. The average Bonchev–Trinajstić information content (AvgIpc) is 2.54. The van der Waals surface area contributed by atoms with Gasteiger partial charge in [-0.1, -0.05) is 13.8 Å². The van der Waals surface area contributed by atoms with E-state index >= 15 is 0 Å². The van der Waals surface area contributed by atoms with Crippen LogP contribution in [-0.4, -0.2) is 65.2 Å². The van der Waals surface area contributed by atoms with Gasteiger partial charge in [0.15, 0.2) is 5.69 Å². The molecule has 0 bridgehead atoms. The zero-order chi connectivity index (χ0) is 15.1. The maximum Gasteiger partial charge on any atom is 0.274 e. The van der Waals surface area contributed by atoms with Crippen LogP contribution in [0.3, 0.4) is 0 Å². The molecule has 1 saturated heterocycles. The number of piperazine rings is 1. The van der Waals surface area contributed by atoms with Gasteiger partial charge in [0.2, 0.25) is 0 Å². The lowest BCUT2D eigenvalue weighted by molar-refractivity contribution is 0.0630. The molecule has 1 aliphatic heterocycles. The third-order valence-corrected chi connectivity index (χ3v) is 3.64. The molecule has 0 aliphatic carbocycles. The Labute approximate surface area is 126 Å². The molecule has 6 nitrogen and oxygen atoms in total. The van der Waals surface area contributed by atoms with Crippen molar-refractivity contribution in [1.29, 1.82) is 0 Å². The first-order chi connectivity index (χ1) is 10.2. The van der Waals surface area contributed by atoms with Crippen LogP contribution >= 0.6 is 0 Å². The number of aromatic nitrogens is 2. The standard InChI is InChI=1S/C15H25N5O/c1-3-7-16-14-6-5-13(17-18-14)15(21)20-11-9-19(8-4-2)10-12-20/h5-6H,3-4,7-12H2,1-2H3,(H,16,18). The summed E-state index contributed by atoms with van der Waals surface area (Å²) in [6, 6.07) is 3.58. The smallest absolute Gasteiger partial charge is 0.274 e. The minimum Gasteiger partial charge on any atom is -0.369 e. The lowest BCUT2D eigenvalue weighted by atomic mass is 10.2. The van der Waals surface area contributed by atoms with Crippen LogP contribution < -0.4 is 5.32 Å². The third-order valence-electron chi connectivity index (χ3n) is 3.64. The number of nitrogens with one attached hydrogen (secondary N) is 1. The lowest BCUT2D eigenvalue weighted by Crippen LogP contribution is -2.48. The predicted octanol–water partition coefficient (Wildman–Crippen LogP) is 1.47. The molecule has 116 valence electrons. The van der Waals surface area contributed by atoms with Crippen molar-refractivity contribution in [3.8, 4) is 0 Å². The molecule has 0 radical (unpaired) electrons. The highest BCUT2D eigenvalue weighted by Crippen LogP contribution is 2.09. The van der Waals surface area contributed by atoms with Gasteiger partial charge in [0, 0.05) is 32.7 Å². The largest absolute Gasteiger partial charge is 0.369 e. The van der Waals surface area contributed by atoms with E-state index in [2.05, 4.69) is 34.3 Å². The van der Waals surface area contributed by atoms with Gasteiger partial charge in [0.25, 0.3) is 5.91 Å². The molecule has 1 aromatic heterocycles. The van der Waals surface area contributed by atoms with Crippen molar-refractivity contribution < 1.29 is 4.79 Å². The van der Waals surface area contributed by atoms with Crippen molar-refractivity contribution in [3.05, 3.63) is 17.8 Å². The number of hydrogen-bond acceptors (Lipinski definition) is 5. The normalized spacial score (nSPS) is 16.0. The molecule has 1 amide bonds. The second-order valence-corrected chi connectivity index (χ2v) is 5.36. The van der Waals surface area contributed by atoms with Crippen LogP contribution in [-0.2, 0) is 0 Å². The highest BCUT2D eigenvalue weighted by molar-refractivity contribution is 5.92. The number of rotatable bonds is 6. The second kappa shape index (κ2) is 7.93. The van der Waals surface area contributed by atoms with Gasteiger partial charge < -0.3 is 10.2 Å². The molecule has 1 aromatic rings. The van der Waals surface area contributed by atoms with Crippen molar-refractivity contribution in [3.63, 3.8) is 0 Å². The fourth-order valence-electron chi connectivity index (χ4n) is 2.45. The van der Waals surface area contributed by atoms with Crippen molar-refractivity contribution in [2.24, 2.45) is 0 Å². The van der Waals surface area contributed by atoms with E-state index in [1.54, 1.807) is 6.07 Å². The Kier molecular flexibility index (Phi) is 5.92. The average molecular weight is 291 g/mol.